The minimum atomic E-state index is -0.794. The molecule has 0 radical (unpaired) electrons. The number of fused-ring (bicyclic) bond motifs is 1. The SMILES string of the molecule is C=CCOc1ccc([C@@H]2/C(=C(\O)c3ccc4c(c3)C[C@H](C)O4)C(=O)C(=O)N2CCN2CCOCC2)cc1OCC. The van der Waals surface area contributed by atoms with Gasteiger partial charge in [-0.15, -0.1) is 0 Å². The van der Waals surface area contributed by atoms with Gasteiger partial charge in [-0.3, -0.25) is 14.5 Å². The Balaban J connectivity index is 1.56. The molecule has 2 atom stereocenters. The molecule has 212 valence electrons. The molecule has 9 heteroatoms. The zero-order valence-corrected chi connectivity index (χ0v) is 23.1. The summed E-state index contributed by atoms with van der Waals surface area (Å²) in [7, 11) is 0. The highest BCUT2D eigenvalue weighted by molar-refractivity contribution is 6.46. The topological polar surface area (TPSA) is 97.8 Å². The number of Topliss-reactive ketones (excluding diaryl/α,β-unsaturated/α-hetero) is 1. The van der Waals surface area contributed by atoms with Gasteiger partial charge in [0.2, 0.25) is 0 Å². The van der Waals surface area contributed by atoms with Crippen molar-refractivity contribution in [3.63, 3.8) is 0 Å². The molecule has 2 fully saturated rings. The van der Waals surface area contributed by atoms with Crippen LogP contribution in [-0.4, -0.2) is 85.3 Å². The molecule has 9 nitrogen and oxygen atoms in total. The van der Waals surface area contributed by atoms with E-state index in [0.717, 1.165) is 24.4 Å². The first-order chi connectivity index (χ1) is 19.4. The molecule has 1 N–H and O–H groups in total. The van der Waals surface area contributed by atoms with Gasteiger partial charge >= 0.3 is 0 Å². The molecule has 3 aliphatic heterocycles. The van der Waals surface area contributed by atoms with Crippen molar-refractivity contribution in [2.75, 3.05) is 52.6 Å². The lowest BCUT2D eigenvalue weighted by molar-refractivity contribution is -0.140. The fraction of sp³-hybridized carbons (Fsp3) is 0.419. The maximum atomic E-state index is 13.5. The molecule has 1 amide bonds. The average Bonchev–Trinajstić information content (AvgIpc) is 3.46. The van der Waals surface area contributed by atoms with E-state index in [1.807, 2.05) is 26.0 Å². The van der Waals surface area contributed by atoms with Gasteiger partial charge in [0.05, 0.1) is 31.4 Å². The Hall–Kier alpha value is -3.82. The van der Waals surface area contributed by atoms with E-state index < -0.39 is 17.7 Å². The molecule has 0 unspecified atom stereocenters. The maximum Gasteiger partial charge on any atom is 0.295 e. The highest BCUT2D eigenvalue weighted by atomic mass is 16.5. The van der Waals surface area contributed by atoms with Gasteiger partial charge in [-0.05, 0) is 55.3 Å². The summed E-state index contributed by atoms with van der Waals surface area (Å²) >= 11 is 0. The number of aliphatic hydroxyl groups excluding tert-OH is 1. The minimum absolute atomic E-state index is 0.0389. The molecule has 40 heavy (non-hydrogen) atoms. The van der Waals surface area contributed by atoms with Crippen LogP contribution in [0.5, 0.6) is 17.2 Å². The van der Waals surface area contributed by atoms with Crippen molar-refractivity contribution in [3.05, 3.63) is 71.3 Å². The predicted octanol–water partition coefficient (Wildman–Crippen LogP) is 3.73. The Bertz CT molecular complexity index is 1310. The highest BCUT2D eigenvalue weighted by Gasteiger charge is 2.46. The van der Waals surface area contributed by atoms with Crippen LogP contribution in [0.2, 0.25) is 0 Å². The van der Waals surface area contributed by atoms with E-state index in [1.54, 1.807) is 35.2 Å². The zero-order valence-electron chi connectivity index (χ0n) is 23.1. The van der Waals surface area contributed by atoms with Gasteiger partial charge in [-0.2, -0.15) is 0 Å². The van der Waals surface area contributed by atoms with Crippen molar-refractivity contribution in [3.8, 4) is 17.2 Å². The number of benzene rings is 2. The van der Waals surface area contributed by atoms with Crippen molar-refractivity contribution in [1.29, 1.82) is 0 Å². The van der Waals surface area contributed by atoms with Crippen LogP contribution in [0.1, 0.15) is 36.6 Å². The Morgan fingerprint density at radius 1 is 1.10 bits per heavy atom. The van der Waals surface area contributed by atoms with Gasteiger partial charge in [0.25, 0.3) is 11.7 Å². The van der Waals surface area contributed by atoms with E-state index >= 15 is 0 Å². The van der Waals surface area contributed by atoms with Crippen LogP contribution >= 0.6 is 0 Å². The molecule has 0 aliphatic carbocycles. The Kier molecular flexibility index (Phi) is 8.42. The number of likely N-dealkylation sites (tertiary alicyclic amines) is 1. The molecule has 0 saturated carbocycles. The molecule has 5 rings (SSSR count). The number of carbonyl (C=O) groups is 2. The first-order valence-electron chi connectivity index (χ1n) is 13.8. The predicted molar refractivity (Wildman–Crippen MR) is 150 cm³/mol. The smallest absolute Gasteiger partial charge is 0.295 e. The Morgan fingerprint density at radius 2 is 1.90 bits per heavy atom. The third-order valence-electron chi connectivity index (χ3n) is 7.41. The molecule has 0 spiro atoms. The van der Waals surface area contributed by atoms with E-state index in [0.29, 0.717) is 68.6 Å². The summed E-state index contributed by atoms with van der Waals surface area (Å²) in [5, 5.41) is 11.6. The van der Waals surface area contributed by atoms with Crippen LogP contribution in [0.3, 0.4) is 0 Å². The number of hydrogen-bond donors (Lipinski definition) is 1. The minimum Gasteiger partial charge on any atom is -0.507 e. The first kappa shape index (κ1) is 27.7. The molecule has 3 aliphatic rings. The Morgan fingerprint density at radius 3 is 2.65 bits per heavy atom. The number of aliphatic hydroxyl groups is 1. The normalized spacial score (nSPS) is 22.2. The summed E-state index contributed by atoms with van der Waals surface area (Å²) in [5.74, 6) is 0.239. The highest BCUT2D eigenvalue weighted by Crippen LogP contribution is 2.42. The lowest BCUT2D eigenvalue weighted by atomic mass is 9.94. The monoisotopic (exact) mass is 548 g/mol. The number of rotatable bonds is 10. The summed E-state index contributed by atoms with van der Waals surface area (Å²) in [6.45, 7) is 11.9. The first-order valence-corrected chi connectivity index (χ1v) is 13.8. The van der Waals surface area contributed by atoms with Gasteiger partial charge in [0.15, 0.2) is 11.5 Å². The van der Waals surface area contributed by atoms with Crippen molar-refractivity contribution in [1.82, 2.24) is 9.80 Å². The van der Waals surface area contributed by atoms with Crippen LogP contribution in [0, 0.1) is 0 Å². The number of ketones is 1. The van der Waals surface area contributed by atoms with E-state index in [9.17, 15) is 14.7 Å². The van der Waals surface area contributed by atoms with Crippen LogP contribution in [0.4, 0.5) is 0 Å². The van der Waals surface area contributed by atoms with Crippen LogP contribution in [-0.2, 0) is 20.7 Å². The third kappa shape index (κ3) is 5.57. The maximum absolute atomic E-state index is 13.5. The van der Waals surface area contributed by atoms with E-state index in [2.05, 4.69) is 11.5 Å². The van der Waals surface area contributed by atoms with Crippen LogP contribution in [0.15, 0.2) is 54.6 Å². The van der Waals surface area contributed by atoms with E-state index in [-0.39, 0.29) is 17.4 Å². The lowest BCUT2D eigenvalue weighted by Crippen LogP contribution is -2.42. The molecule has 2 aromatic rings. The van der Waals surface area contributed by atoms with Crippen molar-refractivity contribution >= 4 is 17.4 Å². The van der Waals surface area contributed by atoms with Gasteiger partial charge < -0.3 is 29.0 Å². The summed E-state index contributed by atoms with van der Waals surface area (Å²) < 4.78 is 22.9. The standard InChI is InChI=1S/C31H36N2O7/c1-4-14-39-25-9-6-21(19-26(25)38-5-2)28-27(29(34)22-7-8-24-23(18-22)17-20(3)40-24)30(35)31(36)33(28)11-10-32-12-15-37-16-13-32/h4,6-9,18-20,28,34H,1,5,10-17H2,2-3H3/b29-27+/t20-,28+/m0/s1. The molecule has 0 bridgehead atoms. The van der Waals surface area contributed by atoms with Crippen LogP contribution in [0.25, 0.3) is 5.76 Å². The molecule has 2 saturated heterocycles. The van der Waals surface area contributed by atoms with E-state index in [1.165, 1.54) is 0 Å². The molecule has 3 heterocycles. The number of carbonyl (C=O) groups excluding carboxylic acids is 2. The summed E-state index contributed by atoms with van der Waals surface area (Å²) in [6.07, 6.45) is 2.39. The number of morpholine rings is 1. The number of nitrogens with zero attached hydrogens (tertiary/aromatic N) is 2. The largest absolute Gasteiger partial charge is 0.507 e. The quantitative estimate of drug-likeness (QED) is 0.208. The third-order valence-corrected chi connectivity index (χ3v) is 7.41. The van der Waals surface area contributed by atoms with Gasteiger partial charge in [0, 0.05) is 38.2 Å². The van der Waals surface area contributed by atoms with E-state index in [4.69, 9.17) is 18.9 Å². The zero-order chi connectivity index (χ0) is 28.2. The molecular formula is C31H36N2O7. The second-order valence-electron chi connectivity index (χ2n) is 10.1. The average molecular weight is 549 g/mol. The van der Waals surface area contributed by atoms with Crippen molar-refractivity contribution in [2.45, 2.75) is 32.4 Å². The lowest BCUT2D eigenvalue weighted by Gasteiger charge is -2.31. The summed E-state index contributed by atoms with van der Waals surface area (Å²) in [5.41, 5.74) is 2.14. The Labute approximate surface area is 234 Å². The summed E-state index contributed by atoms with van der Waals surface area (Å²) in [6, 6.07) is 9.93. The molecular weight excluding hydrogens is 512 g/mol. The van der Waals surface area contributed by atoms with Crippen LogP contribution < -0.4 is 14.2 Å². The van der Waals surface area contributed by atoms with Crippen molar-refractivity contribution in [2.24, 2.45) is 0 Å². The van der Waals surface area contributed by atoms with Gasteiger partial charge in [-0.1, -0.05) is 18.7 Å². The second-order valence-corrected chi connectivity index (χ2v) is 10.1. The number of ether oxygens (including phenoxy) is 4. The van der Waals surface area contributed by atoms with Gasteiger partial charge in [0.1, 0.15) is 24.2 Å². The molecule has 2 aromatic carbocycles. The summed E-state index contributed by atoms with van der Waals surface area (Å²) in [4.78, 5) is 30.8. The number of hydrogen-bond acceptors (Lipinski definition) is 8. The fourth-order valence-electron chi connectivity index (χ4n) is 5.49. The molecule has 0 aromatic heterocycles. The second kappa shape index (κ2) is 12.1. The van der Waals surface area contributed by atoms with Crippen molar-refractivity contribution < 1.29 is 33.6 Å². The van der Waals surface area contributed by atoms with Gasteiger partial charge in [-0.25, -0.2) is 0 Å². The fourth-order valence-corrected chi connectivity index (χ4v) is 5.49. The number of amides is 1.